The number of aromatic nitrogens is 4. The summed E-state index contributed by atoms with van der Waals surface area (Å²) >= 11 is 2.19. The van der Waals surface area contributed by atoms with E-state index in [0.717, 1.165) is 15.1 Å². The minimum atomic E-state index is 0.680. The minimum Gasteiger partial charge on any atom is -0.372 e. The zero-order chi connectivity index (χ0) is 10.8. The summed E-state index contributed by atoms with van der Waals surface area (Å²) in [6.45, 7) is 0. The van der Waals surface area contributed by atoms with Crippen LogP contribution in [0.25, 0.3) is 11.5 Å². The molecule has 0 aliphatic rings. The van der Waals surface area contributed by atoms with Crippen molar-refractivity contribution in [1.29, 1.82) is 0 Å². The van der Waals surface area contributed by atoms with Gasteiger partial charge in [0.25, 0.3) is 0 Å². The number of halogens is 1. The predicted molar refractivity (Wildman–Crippen MR) is 66.5 cm³/mol. The summed E-state index contributed by atoms with van der Waals surface area (Å²) in [5, 5.41) is 3.03. The Kier molecular flexibility index (Phi) is 2.85. The maximum Gasteiger partial charge on any atom is 0.179 e. The van der Waals surface area contributed by atoms with Crippen molar-refractivity contribution < 1.29 is 0 Å². The van der Waals surface area contributed by atoms with E-state index in [1.165, 1.54) is 0 Å². The fourth-order valence-corrected chi connectivity index (χ4v) is 1.77. The number of hydrogen-bond donors (Lipinski definition) is 1. The largest absolute Gasteiger partial charge is 0.372 e. The highest BCUT2D eigenvalue weighted by atomic mass is 127. The molecule has 78 valence electrons. The topological polar surface area (TPSA) is 55.6 Å². The zero-order valence-electron chi connectivity index (χ0n) is 8.40. The first-order valence-electron chi connectivity index (χ1n) is 4.39. The molecule has 6 heteroatoms. The van der Waals surface area contributed by atoms with Crippen LogP contribution in [0.15, 0.2) is 18.7 Å². The van der Waals surface area contributed by atoms with Gasteiger partial charge in [-0.1, -0.05) is 0 Å². The van der Waals surface area contributed by atoms with Crippen molar-refractivity contribution in [2.24, 2.45) is 7.05 Å². The van der Waals surface area contributed by atoms with Crippen LogP contribution in [0, 0.1) is 3.57 Å². The standard InChI is InChI=1S/C9H10IN5/c1-11-8-6(10)3-13-9(14-8)7-4-12-5-15(7)2/h3-5H,1-2H3,(H,11,13,14). The van der Waals surface area contributed by atoms with E-state index in [-0.39, 0.29) is 0 Å². The molecule has 2 aromatic rings. The summed E-state index contributed by atoms with van der Waals surface area (Å²) < 4.78 is 2.89. The monoisotopic (exact) mass is 315 g/mol. The Hall–Kier alpha value is -1.18. The maximum absolute atomic E-state index is 4.40. The van der Waals surface area contributed by atoms with Crippen LogP contribution in [0.3, 0.4) is 0 Å². The number of nitrogens with zero attached hydrogens (tertiary/aromatic N) is 4. The van der Waals surface area contributed by atoms with Crippen molar-refractivity contribution >= 4 is 28.4 Å². The van der Waals surface area contributed by atoms with E-state index in [2.05, 4.69) is 42.9 Å². The quantitative estimate of drug-likeness (QED) is 0.854. The van der Waals surface area contributed by atoms with Crippen LogP contribution >= 0.6 is 22.6 Å². The van der Waals surface area contributed by atoms with E-state index < -0.39 is 0 Å². The lowest BCUT2D eigenvalue weighted by Crippen LogP contribution is -2.01. The average Bonchev–Trinajstić information content (AvgIpc) is 2.65. The average molecular weight is 315 g/mol. The number of imidazole rings is 1. The third-order valence-corrected chi connectivity index (χ3v) is 2.82. The van der Waals surface area contributed by atoms with Crippen LogP contribution < -0.4 is 5.32 Å². The highest BCUT2D eigenvalue weighted by Crippen LogP contribution is 2.19. The SMILES string of the molecule is CNc1nc(-c2cncn2C)ncc1I. The van der Waals surface area contributed by atoms with Gasteiger partial charge in [-0.2, -0.15) is 0 Å². The number of anilines is 1. The molecule has 0 unspecified atom stereocenters. The lowest BCUT2D eigenvalue weighted by atomic mass is 10.4. The van der Waals surface area contributed by atoms with Gasteiger partial charge >= 0.3 is 0 Å². The summed E-state index contributed by atoms with van der Waals surface area (Å²) in [7, 11) is 3.76. The molecular weight excluding hydrogens is 305 g/mol. The fourth-order valence-electron chi connectivity index (χ4n) is 1.24. The van der Waals surface area contributed by atoms with Gasteiger partial charge in [-0.15, -0.1) is 0 Å². The molecule has 5 nitrogen and oxygen atoms in total. The zero-order valence-corrected chi connectivity index (χ0v) is 10.6. The van der Waals surface area contributed by atoms with E-state index in [9.17, 15) is 0 Å². The Balaban J connectivity index is 2.51. The van der Waals surface area contributed by atoms with Gasteiger partial charge in [-0.3, -0.25) is 0 Å². The molecule has 2 rings (SSSR count). The lowest BCUT2D eigenvalue weighted by Gasteiger charge is -2.05. The van der Waals surface area contributed by atoms with Crippen LogP contribution in [-0.4, -0.2) is 26.6 Å². The second-order valence-electron chi connectivity index (χ2n) is 3.03. The molecule has 0 amide bonds. The van der Waals surface area contributed by atoms with Gasteiger partial charge in [0.05, 0.1) is 16.1 Å². The van der Waals surface area contributed by atoms with Crippen LogP contribution in [-0.2, 0) is 7.05 Å². The molecule has 0 bridgehead atoms. The first-order chi connectivity index (χ1) is 7.22. The van der Waals surface area contributed by atoms with Gasteiger partial charge in [-0.05, 0) is 22.6 Å². The Bertz CT molecular complexity index is 479. The van der Waals surface area contributed by atoms with Gasteiger partial charge < -0.3 is 9.88 Å². The number of aryl methyl sites for hydroxylation is 1. The number of nitrogens with one attached hydrogen (secondary N) is 1. The second kappa shape index (κ2) is 4.13. The normalized spacial score (nSPS) is 10.3. The predicted octanol–water partition coefficient (Wildman–Crippen LogP) is 1.52. The van der Waals surface area contributed by atoms with E-state index >= 15 is 0 Å². The van der Waals surface area contributed by atoms with Crippen molar-refractivity contribution in [3.05, 3.63) is 22.3 Å². The Morgan fingerprint density at radius 3 is 2.80 bits per heavy atom. The van der Waals surface area contributed by atoms with Gasteiger partial charge in [0.1, 0.15) is 11.5 Å². The highest BCUT2D eigenvalue weighted by molar-refractivity contribution is 14.1. The summed E-state index contributed by atoms with van der Waals surface area (Å²) in [5.74, 6) is 1.52. The molecule has 0 fully saturated rings. The summed E-state index contributed by atoms with van der Waals surface area (Å²) in [6.07, 6.45) is 5.28. The molecule has 1 N–H and O–H groups in total. The summed E-state index contributed by atoms with van der Waals surface area (Å²) in [4.78, 5) is 12.7. The third-order valence-electron chi connectivity index (χ3n) is 2.03. The van der Waals surface area contributed by atoms with Gasteiger partial charge in [0, 0.05) is 20.3 Å². The number of rotatable bonds is 2. The van der Waals surface area contributed by atoms with Crippen LogP contribution in [0.1, 0.15) is 0 Å². The molecule has 0 radical (unpaired) electrons. The molecule has 0 aliphatic heterocycles. The molecular formula is C9H10IN5. The van der Waals surface area contributed by atoms with Crippen molar-refractivity contribution in [3.8, 4) is 11.5 Å². The minimum absolute atomic E-state index is 0.680. The number of hydrogen-bond acceptors (Lipinski definition) is 4. The van der Waals surface area contributed by atoms with Crippen LogP contribution in [0.4, 0.5) is 5.82 Å². The van der Waals surface area contributed by atoms with Crippen molar-refractivity contribution in [2.75, 3.05) is 12.4 Å². The lowest BCUT2D eigenvalue weighted by molar-refractivity contribution is 0.908. The molecule has 2 aromatic heterocycles. The smallest absolute Gasteiger partial charge is 0.179 e. The highest BCUT2D eigenvalue weighted by Gasteiger charge is 2.08. The van der Waals surface area contributed by atoms with E-state index in [0.29, 0.717) is 5.82 Å². The van der Waals surface area contributed by atoms with Gasteiger partial charge in [-0.25, -0.2) is 15.0 Å². The third kappa shape index (κ3) is 1.94. The molecule has 0 spiro atoms. The second-order valence-corrected chi connectivity index (χ2v) is 4.19. The van der Waals surface area contributed by atoms with Gasteiger partial charge in [0.15, 0.2) is 5.82 Å². The van der Waals surface area contributed by atoms with E-state index in [1.807, 2.05) is 18.7 Å². The van der Waals surface area contributed by atoms with Crippen molar-refractivity contribution in [3.63, 3.8) is 0 Å². The van der Waals surface area contributed by atoms with Crippen molar-refractivity contribution in [1.82, 2.24) is 19.5 Å². The first-order valence-corrected chi connectivity index (χ1v) is 5.47. The Morgan fingerprint density at radius 1 is 1.40 bits per heavy atom. The first kappa shape index (κ1) is 10.3. The van der Waals surface area contributed by atoms with E-state index in [1.54, 1.807) is 18.7 Å². The summed E-state index contributed by atoms with van der Waals surface area (Å²) in [6, 6.07) is 0. The Labute approximate surface area is 101 Å². The van der Waals surface area contributed by atoms with Crippen molar-refractivity contribution in [2.45, 2.75) is 0 Å². The molecule has 2 heterocycles. The Morgan fingerprint density at radius 2 is 2.20 bits per heavy atom. The van der Waals surface area contributed by atoms with Crippen LogP contribution in [0.5, 0.6) is 0 Å². The van der Waals surface area contributed by atoms with Gasteiger partial charge in [0.2, 0.25) is 0 Å². The maximum atomic E-state index is 4.40. The molecule has 0 aromatic carbocycles. The molecule has 0 saturated heterocycles. The summed E-state index contributed by atoms with van der Waals surface area (Å²) in [5.41, 5.74) is 0.905. The fraction of sp³-hybridized carbons (Fsp3) is 0.222. The molecule has 0 atom stereocenters. The molecule has 15 heavy (non-hydrogen) atoms. The van der Waals surface area contributed by atoms with Crippen LogP contribution in [0.2, 0.25) is 0 Å². The van der Waals surface area contributed by atoms with E-state index in [4.69, 9.17) is 0 Å². The molecule has 0 saturated carbocycles. The molecule has 0 aliphatic carbocycles.